The van der Waals surface area contributed by atoms with Crippen LogP contribution in [0.25, 0.3) is 0 Å². The summed E-state index contributed by atoms with van der Waals surface area (Å²) in [7, 11) is 0. The summed E-state index contributed by atoms with van der Waals surface area (Å²) in [6.07, 6.45) is 0.945. The highest BCUT2D eigenvalue weighted by Gasteiger charge is 2.14. The van der Waals surface area contributed by atoms with Crippen molar-refractivity contribution in [2.24, 2.45) is 5.73 Å². The van der Waals surface area contributed by atoms with E-state index < -0.39 is 24.4 Å². The molecule has 2 aromatic carbocycles. The van der Waals surface area contributed by atoms with Crippen LogP contribution in [0.15, 0.2) is 48.5 Å². The molecule has 0 unspecified atom stereocenters. The maximum atomic E-state index is 12.2. The van der Waals surface area contributed by atoms with Crippen LogP contribution in [0.3, 0.4) is 0 Å². The molecule has 0 fully saturated rings. The Morgan fingerprint density at radius 3 is 2.36 bits per heavy atom. The van der Waals surface area contributed by atoms with Gasteiger partial charge < -0.3 is 20.5 Å². The van der Waals surface area contributed by atoms with Gasteiger partial charge in [-0.3, -0.25) is 9.59 Å². The number of anilines is 1. The van der Waals surface area contributed by atoms with Crippen LogP contribution in [-0.2, 0) is 14.3 Å². The Bertz CT molecular complexity index is 833. The van der Waals surface area contributed by atoms with Crippen molar-refractivity contribution in [1.82, 2.24) is 0 Å². The predicted molar refractivity (Wildman–Crippen MR) is 105 cm³/mol. The van der Waals surface area contributed by atoms with Crippen LogP contribution in [-0.4, -0.2) is 31.0 Å². The number of rotatable bonds is 9. The van der Waals surface area contributed by atoms with Crippen molar-refractivity contribution in [3.63, 3.8) is 0 Å². The molecule has 0 radical (unpaired) electrons. The first-order valence-corrected chi connectivity index (χ1v) is 8.97. The molecule has 2 amide bonds. The number of esters is 1. The number of amides is 2. The first kappa shape index (κ1) is 21.0. The number of nitrogens with two attached hydrogens (primary N) is 1. The molecule has 0 aliphatic rings. The SMILES string of the molecule is CC[C@@H](C)c1ccccc1NC(=O)COC(=O)c1ccc(OCC(N)=O)cc1. The number of carbonyl (C=O) groups excluding carboxylic acids is 3. The van der Waals surface area contributed by atoms with Gasteiger partial charge in [-0.15, -0.1) is 0 Å². The average Bonchev–Trinajstić information content (AvgIpc) is 2.70. The summed E-state index contributed by atoms with van der Waals surface area (Å²) in [5.74, 6) is -0.939. The maximum absolute atomic E-state index is 12.2. The molecule has 0 aliphatic carbocycles. The van der Waals surface area contributed by atoms with E-state index in [4.69, 9.17) is 15.2 Å². The van der Waals surface area contributed by atoms with Gasteiger partial charge in [-0.05, 0) is 48.2 Å². The van der Waals surface area contributed by atoms with E-state index in [0.717, 1.165) is 12.0 Å². The van der Waals surface area contributed by atoms with Gasteiger partial charge in [0, 0.05) is 5.69 Å². The van der Waals surface area contributed by atoms with E-state index in [-0.39, 0.29) is 12.2 Å². The number of hydrogen-bond donors (Lipinski definition) is 2. The molecule has 2 rings (SSSR count). The molecule has 3 N–H and O–H groups in total. The van der Waals surface area contributed by atoms with Crippen molar-refractivity contribution in [2.45, 2.75) is 26.2 Å². The van der Waals surface area contributed by atoms with E-state index in [1.54, 1.807) is 0 Å². The summed E-state index contributed by atoms with van der Waals surface area (Å²) < 4.78 is 10.2. The predicted octanol–water partition coefficient (Wildman–Crippen LogP) is 2.86. The lowest BCUT2D eigenvalue weighted by atomic mass is 9.97. The fourth-order valence-electron chi connectivity index (χ4n) is 2.50. The van der Waals surface area contributed by atoms with E-state index in [9.17, 15) is 14.4 Å². The van der Waals surface area contributed by atoms with Gasteiger partial charge in [0.15, 0.2) is 13.2 Å². The second kappa shape index (κ2) is 10.1. The minimum absolute atomic E-state index is 0.248. The number of nitrogens with one attached hydrogen (secondary N) is 1. The van der Waals surface area contributed by atoms with Gasteiger partial charge in [0.1, 0.15) is 5.75 Å². The Labute approximate surface area is 163 Å². The molecule has 0 aromatic heterocycles. The van der Waals surface area contributed by atoms with Crippen molar-refractivity contribution >= 4 is 23.5 Å². The number of ether oxygens (including phenoxy) is 2. The number of para-hydroxylation sites is 1. The first-order chi connectivity index (χ1) is 13.4. The molecule has 28 heavy (non-hydrogen) atoms. The van der Waals surface area contributed by atoms with Crippen LogP contribution in [0.1, 0.15) is 42.1 Å². The Morgan fingerprint density at radius 1 is 1.04 bits per heavy atom. The molecule has 7 heteroatoms. The second-order valence-corrected chi connectivity index (χ2v) is 6.30. The topological polar surface area (TPSA) is 108 Å². The number of hydrogen-bond acceptors (Lipinski definition) is 5. The first-order valence-electron chi connectivity index (χ1n) is 8.97. The van der Waals surface area contributed by atoms with Crippen LogP contribution < -0.4 is 15.8 Å². The summed E-state index contributed by atoms with van der Waals surface area (Å²) >= 11 is 0. The van der Waals surface area contributed by atoms with Crippen LogP contribution in [0, 0.1) is 0 Å². The lowest BCUT2D eigenvalue weighted by Crippen LogP contribution is -2.22. The van der Waals surface area contributed by atoms with Crippen LogP contribution in [0.4, 0.5) is 5.69 Å². The molecule has 2 aromatic rings. The van der Waals surface area contributed by atoms with E-state index in [1.165, 1.54) is 24.3 Å². The molecule has 0 spiro atoms. The van der Waals surface area contributed by atoms with Crippen LogP contribution >= 0.6 is 0 Å². The number of primary amides is 1. The summed E-state index contributed by atoms with van der Waals surface area (Å²) in [5.41, 5.74) is 7.02. The zero-order valence-corrected chi connectivity index (χ0v) is 15.9. The maximum Gasteiger partial charge on any atom is 0.338 e. The highest BCUT2D eigenvalue weighted by atomic mass is 16.5. The molecular weight excluding hydrogens is 360 g/mol. The Balaban J connectivity index is 1.89. The van der Waals surface area contributed by atoms with Gasteiger partial charge in [-0.1, -0.05) is 32.0 Å². The number of carbonyl (C=O) groups is 3. The quantitative estimate of drug-likeness (QED) is 0.647. The Kier molecular flexibility index (Phi) is 7.56. The molecule has 0 bridgehead atoms. The fourth-order valence-corrected chi connectivity index (χ4v) is 2.50. The smallest absolute Gasteiger partial charge is 0.338 e. The Hall–Kier alpha value is -3.35. The van der Waals surface area contributed by atoms with Crippen molar-refractivity contribution in [3.05, 3.63) is 59.7 Å². The van der Waals surface area contributed by atoms with E-state index >= 15 is 0 Å². The minimum atomic E-state index is -0.633. The minimum Gasteiger partial charge on any atom is -0.484 e. The van der Waals surface area contributed by atoms with Gasteiger partial charge in [0.05, 0.1) is 5.56 Å². The van der Waals surface area contributed by atoms with E-state index in [0.29, 0.717) is 17.4 Å². The van der Waals surface area contributed by atoms with Crippen LogP contribution in [0.5, 0.6) is 5.75 Å². The third-order valence-corrected chi connectivity index (χ3v) is 4.18. The summed E-state index contributed by atoms with van der Waals surface area (Å²) in [6, 6.07) is 13.6. The molecule has 1 atom stereocenters. The highest BCUT2D eigenvalue weighted by molar-refractivity contribution is 5.96. The summed E-state index contributed by atoms with van der Waals surface area (Å²) in [5, 5.41) is 2.79. The fraction of sp³-hybridized carbons (Fsp3) is 0.286. The normalized spacial score (nSPS) is 11.4. The molecular formula is C21H24N2O5. The van der Waals surface area contributed by atoms with Gasteiger partial charge in [0.25, 0.3) is 11.8 Å². The lowest BCUT2D eigenvalue weighted by Gasteiger charge is -2.15. The zero-order chi connectivity index (χ0) is 20.5. The standard InChI is InChI=1S/C21H24N2O5/c1-3-14(2)17-6-4-5-7-18(17)23-20(25)13-28-21(26)15-8-10-16(11-9-15)27-12-19(22)24/h4-11,14H,3,12-13H2,1-2H3,(H2,22,24)(H,23,25)/t14-/m1/s1. The van der Waals surface area contributed by atoms with Crippen LogP contribution in [0.2, 0.25) is 0 Å². The molecule has 148 valence electrons. The average molecular weight is 384 g/mol. The Morgan fingerprint density at radius 2 is 1.71 bits per heavy atom. The van der Waals surface area contributed by atoms with Crippen molar-refractivity contribution < 1.29 is 23.9 Å². The van der Waals surface area contributed by atoms with E-state index in [2.05, 4.69) is 19.2 Å². The van der Waals surface area contributed by atoms with Crippen molar-refractivity contribution in [3.8, 4) is 5.75 Å². The molecule has 0 aliphatic heterocycles. The molecule has 0 saturated carbocycles. The van der Waals surface area contributed by atoms with Gasteiger partial charge in [-0.25, -0.2) is 4.79 Å². The molecule has 0 saturated heterocycles. The van der Waals surface area contributed by atoms with Gasteiger partial charge >= 0.3 is 5.97 Å². The zero-order valence-electron chi connectivity index (χ0n) is 15.9. The van der Waals surface area contributed by atoms with Crippen molar-refractivity contribution in [1.29, 1.82) is 0 Å². The largest absolute Gasteiger partial charge is 0.484 e. The lowest BCUT2D eigenvalue weighted by molar-refractivity contribution is -0.120. The molecule has 0 heterocycles. The summed E-state index contributed by atoms with van der Waals surface area (Å²) in [6.45, 7) is 3.52. The summed E-state index contributed by atoms with van der Waals surface area (Å²) in [4.78, 5) is 34.9. The van der Waals surface area contributed by atoms with Gasteiger partial charge in [-0.2, -0.15) is 0 Å². The second-order valence-electron chi connectivity index (χ2n) is 6.30. The van der Waals surface area contributed by atoms with E-state index in [1.807, 2.05) is 24.3 Å². The number of benzene rings is 2. The van der Waals surface area contributed by atoms with Gasteiger partial charge in [0.2, 0.25) is 0 Å². The van der Waals surface area contributed by atoms with Crippen molar-refractivity contribution in [2.75, 3.05) is 18.5 Å². The third kappa shape index (κ3) is 6.12. The monoisotopic (exact) mass is 384 g/mol. The molecule has 7 nitrogen and oxygen atoms in total. The third-order valence-electron chi connectivity index (χ3n) is 4.18. The highest BCUT2D eigenvalue weighted by Crippen LogP contribution is 2.26.